The Bertz CT molecular complexity index is 1470. The Morgan fingerprint density at radius 2 is 1.83 bits per heavy atom. The number of nitrogens with one attached hydrogen (secondary N) is 2. The summed E-state index contributed by atoms with van der Waals surface area (Å²) in [5.41, 5.74) is 3.68. The van der Waals surface area contributed by atoms with Crippen LogP contribution in [0.3, 0.4) is 0 Å². The molecular formula is C35H48N4O7. The van der Waals surface area contributed by atoms with Gasteiger partial charge < -0.3 is 34.4 Å². The maximum atomic E-state index is 14.0. The van der Waals surface area contributed by atoms with E-state index < -0.39 is 5.97 Å². The van der Waals surface area contributed by atoms with Gasteiger partial charge in [-0.25, -0.2) is 0 Å². The third-order valence-electron chi connectivity index (χ3n) is 8.36. The summed E-state index contributed by atoms with van der Waals surface area (Å²) >= 11 is 0. The molecule has 11 heteroatoms. The molecule has 0 aromatic heterocycles. The topological polar surface area (TPSA) is 141 Å². The van der Waals surface area contributed by atoms with Crippen LogP contribution in [0.1, 0.15) is 97.7 Å². The van der Waals surface area contributed by atoms with E-state index in [9.17, 15) is 14.4 Å². The Kier molecular flexibility index (Phi) is 11.3. The second-order valence-corrected chi connectivity index (χ2v) is 12.8. The second kappa shape index (κ2) is 15.0. The fourth-order valence-corrected chi connectivity index (χ4v) is 6.00. The monoisotopic (exact) mass is 636 g/mol. The molecule has 2 aromatic carbocycles. The number of anilines is 1. The van der Waals surface area contributed by atoms with Gasteiger partial charge in [0.15, 0.2) is 5.78 Å². The number of carboxylic acid groups (broad SMARTS) is 1. The van der Waals surface area contributed by atoms with Crippen LogP contribution in [-0.2, 0) is 21.5 Å². The number of amides is 1. The number of carboxylic acids is 1. The maximum absolute atomic E-state index is 14.0. The number of unbranched alkanes of at least 4 members (excludes halogenated alkanes) is 1. The molecule has 1 saturated heterocycles. The van der Waals surface area contributed by atoms with E-state index in [4.69, 9.17) is 24.7 Å². The van der Waals surface area contributed by atoms with Crippen LogP contribution in [0.5, 0.6) is 11.5 Å². The van der Waals surface area contributed by atoms with Gasteiger partial charge in [0.25, 0.3) is 5.91 Å². The van der Waals surface area contributed by atoms with Crippen LogP contribution in [-0.4, -0.2) is 86.1 Å². The molecule has 11 nitrogen and oxygen atoms in total. The molecule has 46 heavy (non-hydrogen) atoms. The van der Waals surface area contributed by atoms with Crippen LogP contribution < -0.4 is 19.7 Å². The SMILES string of the molecule is CCOc1cc2c(cc1C(=O)NC)C(=N)N(CC(=O)c1cc(N3CCC(OCC)C3)c(OCCCCC(=O)O)c(C(C)(C)C)c1)C2. The van der Waals surface area contributed by atoms with Crippen molar-refractivity contribution in [2.75, 3.05) is 51.4 Å². The highest BCUT2D eigenvalue weighted by Gasteiger charge is 2.33. The normalized spacial score (nSPS) is 16.0. The van der Waals surface area contributed by atoms with Crippen molar-refractivity contribution in [1.29, 1.82) is 5.41 Å². The van der Waals surface area contributed by atoms with E-state index >= 15 is 0 Å². The van der Waals surface area contributed by atoms with Crippen LogP contribution >= 0.6 is 0 Å². The summed E-state index contributed by atoms with van der Waals surface area (Å²) in [6.07, 6.45) is 2.15. The number of rotatable bonds is 15. The van der Waals surface area contributed by atoms with Crippen molar-refractivity contribution >= 4 is 29.2 Å². The molecule has 3 N–H and O–H groups in total. The minimum Gasteiger partial charge on any atom is -0.493 e. The highest BCUT2D eigenvalue weighted by atomic mass is 16.5. The lowest BCUT2D eigenvalue weighted by Crippen LogP contribution is -2.31. The molecule has 2 aliphatic heterocycles. The summed E-state index contributed by atoms with van der Waals surface area (Å²) in [7, 11) is 1.55. The van der Waals surface area contributed by atoms with Crippen molar-refractivity contribution in [2.45, 2.75) is 78.4 Å². The van der Waals surface area contributed by atoms with Crippen molar-refractivity contribution in [2.24, 2.45) is 0 Å². The van der Waals surface area contributed by atoms with E-state index in [0.717, 1.165) is 29.8 Å². The van der Waals surface area contributed by atoms with Gasteiger partial charge in [-0.2, -0.15) is 0 Å². The summed E-state index contributed by atoms with van der Waals surface area (Å²) in [4.78, 5) is 41.5. The molecular weight excluding hydrogens is 588 g/mol. The molecule has 2 heterocycles. The molecule has 1 atom stereocenters. The van der Waals surface area contributed by atoms with Crippen LogP contribution in [0.4, 0.5) is 5.69 Å². The van der Waals surface area contributed by atoms with E-state index in [1.165, 1.54) is 0 Å². The first kappa shape index (κ1) is 34.7. The van der Waals surface area contributed by atoms with Crippen molar-refractivity contribution in [3.63, 3.8) is 0 Å². The van der Waals surface area contributed by atoms with Gasteiger partial charge in [0.2, 0.25) is 0 Å². The first-order valence-corrected chi connectivity index (χ1v) is 16.2. The zero-order chi connectivity index (χ0) is 33.6. The van der Waals surface area contributed by atoms with Gasteiger partial charge in [0.05, 0.1) is 37.1 Å². The Morgan fingerprint density at radius 3 is 2.48 bits per heavy atom. The smallest absolute Gasteiger partial charge is 0.303 e. The van der Waals surface area contributed by atoms with Gasteiger partial charge >= 0.3 is 5.97 Å². The van der Waals surface area contributed by atoms with Crippen molar-refractivity contribution in [1.82, 2.24) is 10.2 Å². The quantitative estimate of drug-likeness (QED) is 0.182. The molecule has 0 spiro atoms. The lowest BCUT2D eigenvalue weighted by Gasteiger charge is -2.30. The van der Waals surface area contributed by atoms with Crippen LogP contribution in [0.25, 0.3) is 0 Å². The number of ketones is 1. The summed E-state index contributed by atoms with van der Waals surface area (Å²) in [5.74, 6) is 0.100. The molecule has 0 saturated carbocycles. The summed E-state index contributed by atoms with van der Waals surface area (Å²) in [6.45, 7) is 13.2. The first-order valence-electron chi connectivity index (χ1n) is 16.2. The number of carbonyl (C=O) groups excluding carboxylic acids is 2. The number of ether oxygens (including phenoxy) is 3. The zero-order valence-corrected chi connectivity index (χ0v) is 28.0. The lowest BCUT2D eigenvalue weighted by atomic mass is 9.84. The first-order chi connectivity index (χ1) is 21.9. The zero-order valence-electron chi connectivity index (χ0n) is 28.0. The average Bonchev–Trinajstić information content (AvgIpc) is 3.59. The molecule has 1 unspecified atom stereocenters. The molecule has 1 fully saturated rings. The second-order valence-electron chi connectivity index (χ2n) is 12.8. The van der Waals surface area contributed by atoms with E-state index in [-0.39, 0.29) is 42.0 Å². The summed E-state index contributed by atoms with van der Waals surface area (Å²) < 4.78 is 18.1. The number of fused-ring (bicyclic) bond motifs is 1. The molecule has 2 aromatic rings. The third kappa shape index (κ3) is 7.99. The van der Waals surface area contributed by atoms with Gasteiger partial charge in [-0.15, -0.1) is 0 Å². The number of amidine groups is 1. The minimum atomic E-state index is -0.825. The molecule has 4 rings (SSSR count). The molecule has 2 aliphatic rings. The van der Waals surface area contributed by atoms with Crippen LogP contribution in [0.15, 0.2) is 24.3 Å². The van der Waals surface area contributed by atoms with Gasteiger partial charge in [0, 0.05) is 56.4 Å². The van der Waals surface area contributed by atoms with Gasteiger partial charge in [-0.3, -0.25) is 19.8 Å². The summed E-state index contributed by atoms with van der Waals surface area (Å²) in [6, 6.07) is 7.26. The largest absolute Gasteiger partial charge is 0.493 e. The molecule has 0 radical (unpaired) electrons. The number of nitrogens with zero attached hydrogens (tertiary/aromatic N) is 2. The van der Waals surface area contributed by atoms with Crippen molar-refractivity contribution in [3.05, 3.63) is 52.1 Å². The standard InChI is InChI=1S/C35H48N4O7/c1-7-44-24-12-13-38(20-24)28-16-22(15-27(35(3,4)5)32(28)46-14-10-9-11-31(41)42)29(40)21-39-19-23-17-30(45-8-2)26(34(43)37-6)18-25(23)33(39)36/h15-18,24,36H,7-14,19-21H2,1-6H3,(H,37,43)(H,41,42). The number of hydrogen-bond donors (Lipinski definition) is 3. The molecule has 0 bridgehead atoms. The number of hydrogen-bond acceptors (Lipinski definition) is 8. The predicted molar refractivity (Wildman–Crippen MR) is 177 cm³/mol. The Labute approximate surface area is 271 Å². The Morgan fingerprint density at radius 1 is 1.07 bits per heavy atom. The lowest BCUT2D eigenvalue weighted by molar-refractivity contribution is -0.137. The number of carbonyl (C=O) groups is 3. The van der Waals surface area contributed by atoms with Gasteiger partial charge in [-0.1, -0.05) is 20.8 Å². The highest BCUT2D eigenvalue weighted by Crippen LogP contribution is 2.42. The van der Waals surface area contributed by atoms with Gasteiger partial charge in [-0.05, 0) is 68.4 Å². The van der Waals surface area contributed by atoms with Crippen LogP contribution in [0, 0.1) is 5.41 Å². The average molecular weight is 637 g/mol. The fourth-order valence-electron chi connectivity index (χ4n) is 6.00. The van der Waals surface area contributed by atoms with Crippen molar-refractivity contribution in [3.8, 4) is 11.5 Å². The number of Topliss-reactive ketones (excluding diaryl/α,β-unsaturated/α-hetero) is 1. The van der Waals surface area contributed by atoms with Crippen molar-refractivity contribution < 1.29 is 33.7 Å². The van der Waals surface area contributed by atoms with E-state index in [2.05, 4.69) is 31.0 Å². The van der Waals surface area contributed by atoms with Crippen LogP contribution in [0.2, 0.25) is 0 Å². The van der Waals surface area contributed by atoms with Gasteiger partial charge in [0.1, 0.15) is 17.3 Å². The number of benzene rings is 2. The third-order valence-corrected chi connectivity index (χ3v) is 8.36. The molecule has 250 valence electrons. The fraction of sp³-hybridized carbons (Fsp3) is 0.543. The minimum absolute atomic E-state index is 0.00717. The number of aliphatic carboxylic acids is 1. The van der Waals surface area contributed by atoms with E-state index in [1.807, 2.05) is 26.0 Å². The summed E-state index contributed by atoms with van der Waals surface area (Å²) in [5, 5.41) is 20.6. The molecule has 1 amide bonds. The maximum Gasteiger partial charge on any atom is 0.303 e. The molecule has 0 aliphatic carbocycles. The predicted octanol–water partition coefficient (Wildman–Crippen LogP) is 5.02. The Balaban J connectivity index is 1.65. The highest BCUT2D eigenvalue weighted by molar-refractivity contribution is 6.08. The van der Waals surface area contributed by atoms with E-state index in [0.29, 0.717) is 73.9 Å². The van der Waals surface area contributed by atoms with E-state index in [1.54, 1.807) is 24.1 Å². The Hall–Kier alpha value is -4.12.